The third kappa shape index (κ3) is 3.94. The molecule has 2 aromatic rings. The number of halogens is 3. The van der Waals surface area contributed by atoms with Crippen molar-refractivity contribution in [1.29, 1.82) is 0 Å². The van der Waals surface area contributed by atoms with Gasteiger partial charge in [-0.2, -0.15) is 0 Å². The van der Waals surface area contributed by atoms with Gasteiger partial charge in [-0.25, -0.2) is 18.0 Å². The lowest BCUT2D eigenvalue weighted by molar-refractivity contribution is 0.249. The van der Waals surface area contributed by atoms with E-state index < -0.39 is 29.2 Å². The molecule has 1 unspecified atom stereocenters. The monoisotopic (exact) mass is 324 g/mol. The van der Waals surface area contributed by atoms with Gasteiger partial charge in [-0.1, -0.05) is 12.1 Å². The highest BCUT2D eigenvalue weighted by atomic mass is 19.2. The molecule has 0 heterocycles. The van der Waals surface area contributed by atoms with Crippen molar-refractivity contribution < 1.29 is 22.7 Å². The van der Waals surface area contributed by atoms with Crippen molar-refractivity contribution in [3.05, 3.63) is 59.4 Å². The predicted octanol–water partition coefficient (Wildman–Crippen LogP) is 4.00. The van der Waals surface area contributed by atoms with E-state index in [-0.39, 0.29) is 6.04 Å². The van der Waals surface area contributed by atoms with Crippen molar-refractivity contribution in [2.75, 3.05) is 12.4 Å². The third-order valence-corrected chi connectivity index (χ3v) is 3.25. The van der Waals surface area contributed by atoms with Gasteiger partial charge in [0.05, 0.1) is 18.8 Å². The lowest BCUT2D eigenvalue weighted by Crippen LogP contribution is -2.31. The lowest BCUT2D eigenvalue weighted by Gasteiger charge is -2.16. The predicted molar refractivity (Wildman–Crippen MR) is 79.9 cm³/mol. The number of nitrogens with one attached hydrogen (secondary N) is 2. The Kier molecular flexibility index (Phi) is 5.10. The summed E-state index contributed by atoms with van der Waals surface area (Å²) in [5.41, 5.74) is 0.357. The van der Waals surface area contributed by atoms with Gasteiger partial charge in [0.1, 0.15) is 5.75 Å². The van der Waals surface area contributed by atoms with E-state index in [0.29, 0.717) is 5.75 Å². The SMILES string of the molecule is COc1ccc(C(C)NC(=O)Nc2ccc(F)c(F)c2F)cc1. The number of methoxy groups -OCH3 is 1. The van der Waals surface area contributed by atoms with Crippen LogP contribution in [0.15, 0.2) is 36.4 Å². The minimum Gasteiger partial charge on any atom is -0.497 e. The van der Waals surface area contributed by atoms with E-state index in [0.717, 1.165) is 17.7 Å². The van der Waals surface area contributed by atoms with E-state index >= 15 is 0 Å². The molecule has 2 amide bonds. The number of amides is 2. The molecule has 0 fully saturated rings. The van der Waals surface area contributed by atoms with Gasteiger partial charge < -0.3 is 15.4 Å². The van der Waals surface area contributed by atoms with Gasteiger partial charge in [-0.05, 0) is 36.8 Å². The fourth-order valence-corrected chi connectivity index (χ4v) is 1.95. The third-order valence-electron chi connectivity index (χ3n) is 3.25. The molecule has 0 radical (unpaired) electrons. The molecule has 0 aliphatic carbocycles. The van der Waals surface area contributed by atoms with Gasteiger partial charge in [-0.15, -0.1) is 0 Å². The molecule has 23 heavy (non-hydrogen) atoms. The molecule has 4 nitrogen and oxygen atoms in total. The Bertz CT molecular complexity index is 705. The van der Waals surface area contributed by atoms with Crippen LogP contribution in [-0.4, -0.2) is 13.1 Å². The number of ether oxygens (including phenoxy) is 1. The van der Waals surface area contributed by atoms with Crippen LogP contribution in [0.3, 0.4) is 0 Å². The van der Waals surface area contributed by atoms with Gasteiger partial charge in [0, 0.05) is 0 Å². The van der Waals surface area contributed by atoms with Gasteiger partial charge in [0.15, 0.2) is 17.5 Å². The fourth-order valence-electron chi connectivity index (χ4n) is 1.95. The highest BCUT2D eigenvalue weighted by Crippen LogP contribution is 2.20. The molecule has 2 aromatic carbocycles. The maximum Gasteiger partial charge on any atom is 0.319 e. The Labute approximate surface area is 131 Å². The van der Waals surface area contributed by atoms with Gasteiger partial charge >= 0.3 is 6.03 Å². The molecule has 0 spiro atoms. The van der Waals surface area contributed by atoms with Crippen LogP contribution < -0.4 is 15.4 Å². The molecule has 0 aromatic heterocycles. The fraction of sp³-hybridized carbons (Fsp3) is 0.188. The van der Waals surface area contributed by atoms with Gasteiger partial charge in [0.2, 0.25) is 0 Å². The first kappa shape index (κ1) is 16.7. The number of anilines is 1. The molecule has 0 saturated heterocycles. The van der Waals surface area contributed by atoms with Crippen LogP contribution in [0.2, 0.25) is 0 Å². The summed E-state index contributed by atoms with van der Waals surface area (Å²) in [5.74, 6) is -3.72. The summed E-state index contributed by atoms with van der Waals surface area (Å²) >= 11 is 0. The number of carbonyl (C=O) groups excluding carboxylic acids is 1. The molecular formula is C16H15F3N2O2. The van der Waals surface area contributed by atoms with E-state index in [1.165, 1.54) is 0 Å². The molecule has 2 rings (SSSR count). The molecule has 0 bridgehead atoms. The molecule has 2 N–H and O–H groups in total. The minimum atomic E-state index is -1.63. The molecular weight excluding hydrogens is 309 g/mol. The number of urea groups is 1. The number of hydrogen-bond acceptors (Lipinski definition) is 2. The second-order valence-corrected chi connectivity index (χ2v) is 4.82. The maximum atomic E-state index is 13.5. The smallest absolute Gasteiger partial charge is 0.319 e. The first-order chi connectivity index (χ1) is 10.9. The number of benzene rings is 2. The Morgan fingerprint density at radius 3 is 2.30 bits per heavy atom. The van der Waals surface area contributed by atoms with E-state index in [2.05, 4.69) is 10.6 Å². The summed E-state index contributed by atoms with van der Waals surface area (Å²) in [6.45, 7) is 1.73. The van der Waals surface area contributed by atoms with Crippen molar-refractivity contribution >= 4 is 11.7 Å². The van der Waals surface area contributed by atoms with Crippen molar-refractivity contribution in [1.82, 2.24) is 5.32 Å². The Morgan fingerprint density at radius 1 is 1.04 bits per heavy atom. The molecule has 7 heteroatoms. The Hall–Kier alpha value is -2.70. The van der Waals surface area contributed by atoms with Crippen LogP contribution in [0.4, 0.5) is 23.7 Å². The van der Waals surface area contributed by atoms with Gasteiger partial charge in [0.25, 0.3) is 0 Å². The van der Waals surface area contributed by atoms with Crippen LogP contribution in [0, 0.1) is 17.5 Å². The van der Waals surface area contributed by atoms with Crippen molar-refractivity contribution in [2.45, 2.75) is 13.0 Å². The Morgan fingerprint density at radius 2 is 1.70 bits per heavy atom. The maximum absolute atomic E-state index is 13.5. The van der Waals surface area contributed by atoms with Crippen LogP contribution >= 0.6 is 0 Å². The van der Waals surface area contributed by atoms with Crippen molar-refractivity contribution in [2.24, 2.45) is 0 Å². The van der Waals surface area contributed by atoms with E-state index in [4.69, 9.17) is 4.74 Å². The zero-order chi connectivity index (χ0) is 17.0. The summed E-state index contributed by atoms with van der Waals surface area (Å²) in [6.07, 6.45) is 0. The van der Waals surface area contributed by atoms with E-state index in [1.807, 2.05) is 0 Å². The topological polar surface area (TPSA) is 50.4 Å². The summed E-state index contributed by atoms with van der Waals surface area (Å²) in [6, 6.07) is 7.57. The molecule has 0 saturated carbocycles. The molecule has 0 aliphatic rings. The standard InChI is InChI=1S/C16H15F3N2O2/c1-9(10-3-5-11(23-2)6-4-10)20-16(22)21-13-8-7-12(17)14(18)15(13)19/h3-9H,1-2H3,(H2,20,21,22). The second kappa shape index (κ2) is 7.04. The molecule has 1 atom stereocenters. The quantitative estimate of drug-likeness (QED) is 0.835. The first-order valence-electron chi connectivity index (χ1n) is 6.77. The number of hydrogen-bond donors (Lipinski definition) is 2. The minimum absolute atomic E-state index is 0.380. The van der Waals surface area contributed by atoms with Crippen LogP contribution in [-0.2, 0) is 0 Å². The molecule has 122 valence electrons. The first-order valence-corrected chi connectivity index (χ1v) is 6.77. The Balaban J connectivity index is 2.02. The summed E-state index contributed by atoms with van der Waals surface area (Å²) in [5, 5.41) is 4.71. The van der Waals surface area contributed by atoms with Crippen LogP contribution in [0.5, 0.6) is 5.75 Å². The van der Waals surface area contributed by atoms with E-state index in [1.54, 1.807) is 38.3 Å². The summed E-state index contributed by atoms with van der Waals surface area (Å²) < 4.78 is 44.5. The molecule has 0 aliphatic heterocycles. The zero-order valence-electron chi connectivity index (χ0n) is 12.5. The zero-order valence-corrected chi connectivity index (χ0v) is 12.5. The summed E-state index contributed by atoms with van der Waals surface area (Å²) in [7, 11) is 1.54. The highest BCUT2D eigenvalue weighted by Gasteiger charge is 2.16. The highest BCUT2D eigenvalue weighted by molar-refractivity contribution is 5.89. The van der Waals surface area contributed by atoms with Crippen molar-refractivity contribution in [3.8, 4) is 5.75 Å². The lowest BCUT2D eigenvalue weighted by atomic mass is 10.1. The largest absolute Gasteiger partial charge is 0.497 e. The normalized spacial score (nSPS) is 11.7. The summed E-state index contributed by atoms with van der Waals surface area (Å²) in [4.78, 5) is 11.8. The second-order valence-electron chi connectivity index (χ2n) is 4.82. The van der Waals surface area contributed by atoms with Gasteiger partial charge in [-0.3, -0.25) is 0 Å². The number of carbonyl (C=O) groups is 1. The van der Waals surface area contributed by atoms with E-state index in [9.17, 15) is 18.0 Å². The van der Waals surface area contributed by atoms with Crippen LogP contribution in [0.1, 0.15) is 18.5 Å². The number of rotatable bonds is 4. The average Bonchev–Trinajstić information content (AvgIpc) is 2.55. The van der Waals surface area contributed by atoms with Crippen LogP contribution in [0.25, 0.3) is 0 Å². The van der Waals surface area contributed by atoms with Crippen molar-refractivity contribution in [3.63, 3.8) is 0 Å². The average molecular weight is 324 g/mol.